The van der Waals surface area contributed by atoms with E-state index in [0.29, 0.717) is 16.6 Å². The molecule has 2 heteroatoms. The van der Waals surface area contributed by atoms with Gasteiger partial charge < -0.3 is 4.74 Å². The van der Waals surface area contributed by atoms with Gasteiger partial charge in [-0.3, -0.25) is 0 Å². The van der Waals surface area contributed by atoms with E-state index in [9.17, 15) is 0 Å². The summed E-state index contributed by atoms with van der Waals surface area (Å²) in [6.45, 7) is 14.2. The molecule has 0 bridgehead atoms. The molecule has 0 aromatic heterocycles. The van der Waals surface area contributed by atoms with Crippen molar-refractivity contribution < 1.29 is 4.74 Å². The van der Waals surface area contributed by atoms with Crippen molar-refractivity contribution in [3.8, 4) is 17.2 Å². The summed E-state index contributed by atoms with van der Waals surface area (Å²) in [5, 5.41) is 10.2. The fourth-order valence-electron chi connectivity index (χ4n) is 6.50. The second kappa shape index (κ2) is 9.30. The molecular formula is C34H36OSi. The molecule has 0 spiro atoms. The van der Waals surface area contributed by atoms with Gasteiger partial charge in [0.2, 0.25) is 0 Å². The Kier molecular flexibility index (Phi) is 6.31. The summed E-state index contributed by atoms with van der Waals surface area (Å²) in [5.74, 6) is 4.52. The Balaban J connectivity index is 1.64. The van der Waals surface area contributed by atoms with Gasteiger partial charge in [0.15, 0.2) is 0 Å². The molecule has 5 aromatic carbocycles. The van der Waals surface area contributed by atoms with Gasteiger partial charge in [0.05, 0.1) is 7.11 Å². The summed E-state index contributed by atoms with van der Waals surface area (Å²) in [7, 11) is -0.0324. The standard InChI is InChI=1S/C34H36OSi/c1-22(2)36(23(3)4,24(5)6)19-18-25-8-12-29-26(20-25)9-13-33-31(29)16-17-32-30-15-11-28(35-7)21-27(30)10-14-34(32)33/h8-17,20-24H,1-7H3. The van der Waals surface area contributed by atoms with E-state index < -0.39 is 8.07 Å². The van der Waals surface area contributed by atoms with Crippen LogP contribution in [-0.4, -0.2) is 15.2 Å². The van der Waals surface area contributed by atoms with Crippen LogP contribution in [0.25, 0.3) is 43.1 Å². The average molecular weight is 489 g/mol. The first-order valence-electron chi connectivity index (χ1n) is 13.2. The number of hydrogen-bond acceptors (Lipinski definition) is 1. The monoisotopic (exact) mass is 488 g/mol. The van der Waals surface area contributed by atoms with E-state index in [2.05, 4.69) is 120 Å². The number of benzene rings is 5. The summed E-state index contributed by atoms with van der Waals surface area (Å²) in [6.07, 6.45) is 0. The second-order valence-corrected chi connectivity index (χ2v) is 16.6. The summed E-state index contributed by atoms with van der Waals surface area (Å²) in [5.41, 5.74) is 6.92. The molecular weight excluding hydrogens is 452 g/mol. The minimum atomic E-state index is -1.75. The van der Waals surface area contributed by atoms with E-state index in [1.54, 1.807) is 7.11 Å². The van der Waals surface area contributed by atoms with Crippen LogP contribution in [-0.2, 0) is 0 Å². The van der Waals surface area contributed by atoms with Gasteiger partial charge >= 0.3 is 0 Å². The van der Waals surface area contributed by atoms with Gasteiger partial charge in [0, 0.05) is 5.56 Å². The van der Waals surface area contributed by atoms with Crippen molar-refractivity contribution in [3.63, 3.8) is 0 Å². The second-order valence-electron chi connectivity index (χ2n) is 11.1. The Morgan fingerprint density at radius 1 is 0.556 bits per heavy atom. The molecule has 0 aliphatic carbocycles. The van der Waals surface area contributed by atoms with E-state index in [4.69, 9.17) is 4.74 Å². The van der Waals surface area contributed by atoms with Crippen LogP contribution in [0.2, 0.25) is 16.6 Å². The topological polar surface area (TPSA) is 9.23 Å². The molecule has 0 atom stereocenters. The summed E-state index contributed by atoms with van der Waals surface area (Å²) in [6, 6.07) is 26.6. The molecule has 1 nitrogen and oxygen atoms in total. The summed E-state index contributed by atoms with van der Waals surface area (Å²) in [4.78, 5) is 0. The summed E-state index contributed by atoms with van der Waals surface area (Å²) < 4.78 is 5.43. The van der Waals surface area contributed by atoms with E-state index in [-0.39, 0.29) is 0 Å². The van der Waals surface area contributed by atoms with Crippen LogP contribution in [0.4, 0.5) is 0 Å². The third kappa shape index (κ3) is 3.87. The van der Waals surface area contributed by atoms with Crippen molar-refractivity contribution in [2.24, 2.45) is 0 Å². The first-order valence-corrected chi connectivity index (χ1v) is 15.4. The third-order valence-corrected chi connectivity index (χ3v) is 14.6. The van der Waals surface area contributed by atoms with Gasteiger partial charge in [-0.2, -0.15) is 0 Å². The van der Waals surface area contributed by atoms with Crippen LogP contribution in [0.1, 0.15) is 47.1 Å². The van der Waals surface area contributed by atoms with E-state index in [1.165, 1.54) is 43.1 Å². The predicted molar refractivity (Wildman–Crippen MR) is 161 cm³/mol. The quantitative estimate of drug-likeness (QED) is 0.139. The van der Waals surface area contributed by atoms with Gasteiger partial charge in [-0.05, 0) is 84.0 Å². The Morgan fingerprint density at radius 3 is 1.53 bits per heavy atom. The smallest absolute Gasteiger partial charge is 0.146 e. The maximum atomic E-state index is 5.43. The minimum absolute atomic E-state index is 0.639. The molecule has 0 aliphatic heterocycles. The zero-order valence-corrected chi connectivity index (χ0v) is 23.6. The molecule has 0 N–H and O–H groups in total. The molecule has 5 aromatic rings. The predicted octanol–water partition coefficient (Wildman–Crippen LogP) is 9.88. The average Bonchev–Trinajstić information content (AvgIpc) is 2.87. The molecule has 0 aliphatic rings. The number of hydrogen-bond donors (Lipinski definition) is 0. The molecule has 0 unspecified atom stereocenters. The van der Waals surface area contributed by atoms with Crippen molar-refractivity contribution in [3.05, 3.63) is 78.4 Å². The molecule has 0 saturated carbocycles. The van der Waals surface area contributed by atoms with Crippen LogP contribution in [0.3, 0.4) is 0 Å². The molecule has 0 heterocycles. The number of rotatable bonds is 4. The SMILES string of the molecule is COc1ccc2c(ccc3c2ccc2c4ccc(C#C[Si](C(C)C)(C(C)C)C(C)C)cc4ccc23)c1. The molecule has 36 heavy (non-hydrogen) atoms. The van der Waals surface area contributed by atoms with Gasteiger partial charge in [-0.15, -0.1) is 5.54 Å². The lowest BCUT2D eigenvalue weighted by molar-refractivity contribution is 0.415. The van der Waals surface area contributed by atoms with Crippen molar-refractivity contribution >= 4 is 51.2 Å². The summed E-state index contributed by atoms with van der Waals surface area (Å²) >= 11 is 0. The number of fused-ring (bicyclic) bond motifs is 7. The highest BCUT2D eigenvalue weighted by molar-refractivity contribution is 6.90. The lowest BCUT2D eigenvalue weighted by Gasteiger charge is -2.38. The molecule has 0 radical (unpaired) electrons. The van der Waals surface area contributed by atoms with Crippen LogP contribution in [0, 0.1) is 11.5 Å². The highest BCUT2D eigenvalue weighted by Crippen LogP contribution is 2.41. The molecule has 5 rings (SSSR count). The largest absolute Gasteiger partial charge is 0.497 e. The maximum Gasteiger partial charge on any atom is 0.146 e. The van der Waals surface area contributed by atoms with Crippen LogP contribution < -0.4 is 4.74 Å². The van der Waals surface area contributed by atoms with Gasteiger partial charge in [0.1, 0.15) is 13.8 Å². The Morgan fingerprint density at radius 2 is 1.00 bits per heavy atom. The lowest BCUT2D eigenvalue weighted by atomic mass is 9.94. The third-order valence-electron chi connectivity index (χ3n) is 8.33. The Bertz CT molecular complexity index is 1640. The molecule has 0 amide bonds. The van der Waals surface area contributed by atoms with Crippen molar-refractivity contribution in [2.75, 3.05) is 7.11 Å². The van der Waals surface area contributed by atoms with Crippen LogP contribution in [0.5, 0.6) is 5.75 Å². The lowest BCUT2D eigenvalue weighted by Crippen LogP contribution is -2.43. The van der Waals surface area contributed by atoms with Crippen molar-refractivity contribution in [1.29, 1.82) is 0 Å². The van der Waals surface area contributed by atoms with Crippen LogP contribution >= 0.6 is 0 Å². The number of ether oxygens (including phenoxy) is 1. The zero-order valence-electron chi connectivity index (χ0n) is 22.6. The minimum Gasteiger partial charge on any atom is -0.497 e. The van der Waals surface area contributed by atoms with Gasteiger partial charge in [0.25, 0.3) is 0 Å². The van der Waals surface area contributed by atoms with E-state index in [0.717, 1.165) is 11.3 Å². The Labute approximate surface area is 216 Å². The van der Waals surface area contributed by atoms with Gasteiger partial charge in [-0.1, -0.05) is 96.0 Å². The van der Waals surface area contributed by atoms with Crippen LogP contribution in [0.15, 0.2) is 72.8 Å². The van der Waals surface area contributed by atoms with E-state index in [1.807, 2.05) is 6.07 Å². The van der Waals surface area contributed by atoms with Crippen molar-refractivity contribution in [1.82, 2.24) is 0 Å². The fraction of sp³-hybridized carbons (Fsp3) is 0.294. The molecule has 182 valence electrons. The molecule has 0 saturated heterocycles. The normalized spacial score (nSPS) is 12.3. The maximum absolute atomic E-state index is 5.43. The first-order chi connectivity index (χ1) is 17.3. The highest BCUT2D eigenvalue weighted by Gasteiger charge is 2.41. The van der Waals surface area contributed by atoms with Crippen molar-refractivity contribution in [2.45, 2.75) is 58.2 Å². The highest BCUT2D eigenvalue weighted by atomic mass is 28.3. The fourth-order valence-corrected chi connectivity index (χ4v) is 11.7. The number of methoxy groups -OCH3 is 1. The zero-order chi connectivity index (χ0) is 25.6. The van der Waals surface area contributed by atoms with E-state index >= 15 is 0 Å². The molecule has 0 fully saturated rings. The van der Waals surface area contributed by atoms with Gasteiger partial charge in [-0.25, -0.2) is 0 Å². The first kappa shape index (κ1) is 24.4. The Hall–Kier alpha value is -3.28.